The molecule has 1 N–H and O–H groups in total. The second-order valence-electron chi connectivity index (χ2n) is 10.2. The fourth-order valence-electron chi connectivity index (χ4n) is 4.63. The van der Waals surface area contributed by atoms with Crippen LogP contribution in [0, 0.1) is 0 Å². The molecule has 0 saturated carbocycles. The van der Waals surface area contributed by atoms with Gasteiger partial charge in [-0.15, -0.1) is 0 Å². The van der Waals surface area contributed by atoms with Gasteiger partial charge >= 0.3 is 21.7 Å². The number of benzene rings is 2. The first-order chi connectivity index (χ1) is 15.5. The maximum atomic E-state index is 4.44. The van der Waals surface area contributed by atoms with Crippen molar-refractivity contribution in [2.24, 2.45) is 0 Å². The molecule has 0 spiro atoms. The van der Waals surface area contributed by atoms with Crippen LogP contribution in [0.2, 0.25) is 18.6 Å². The summed E-state index contributed by atoms with van der Waals surface area (Å²) in [5.41, 5.74) is 9.60. The number of nitrogens with zero attached hydrogens (tertiary/aromatic N) is 2. The van der Waals surface area contributed by atoms with Gasteiger partial charge in [-0.2, -0.15) is 28.2 Å². The fourth-order valence-corrected chi connectivity index (χ4v) is 7.90. The Kier molecular flexibility index (Phi) is 11.6. The van der Waals surface area contributed by atoms with Gasteiger partial charge in [0.1, 0.15) is 8.24 Å². The molecule has 0 heterocycles. The van der Waals surface area contributed by atoms with Crippen LogP contribution >= 0.6 is 0 Å². The van der Waals surface area contributed by atoms with E-state index in [1.54, 1.807) is 28.2 Å². The van der Waals surface area contributed by atoms with Crippen LogP contribution in [0.4, 0.5) is 0 Å². The first-order valence-electron chi connectivity index (χ1n) is 11.6. The van der Waals surface area contributed by atoms with Crippen LogP contribution in [0.15, 0.2) is 67.3 Å². The first-order valence-corrected chi connectivity index (χ1v) is 14.7. The Bertz CT molecular complexity index is 964. The Labute approximate surface area is 224 Å². The topological polar surface area (TPSA) is 40.2 Å². The third-order valence-electron chi connectivity index (χ3n) is 5.60. The molecular formula is C29H41N3SiTi. The van der Waals surface area contributed by atoms with Crippen LogP contribution in [0.25, 0.3) is 27.4 Å². The summed E-state index contributed by atoms with van der Waals surface area (Å²) >= 11 is 0. The van der Waals surface area contributed by atoms with Gasteiger partial charge < -0.3 is 15.6 Å². The van der Waals surface area contributed by atoms with Gasteiger partial charge in [-0.05, 0) is 59.7 Å². The Hall–Kier alpha value is -1.53. The fraction of sp³-hybridized carbons (Fsp3) is 0.379. The zero-order chi connectivity index (χ0) is 24.8. The molecule has 0 aliphatic heterocycles. The van der Waals surface area contributed by atoms with E-state index in [2.05, 4.69) is 117 Å². The molecule has 3 nitrogen and oxygen atoms in total. The van der Waals surface area contributed by atoms with Gasteiger partial charge in [0.2, 0.25) is 0 Å². The number of nitrogens with one attached hydrogen (secondary N) is 1. The number of allylic oxidation sites excluding steroid dienone is 4. The van der Waals surface area contributed by atoms with Gasteiger partial charge in [0.05, 0.1) is 0 Å². The summed E-state index contributed by atoms with van der Waals surface area (Å²) in [5.74, 6) is 0. The summed E-state index contributed by atoms with van der Waals surface area (Å²) in [5, 5.41) is 7.00. The van der Waals surface area contributed by atoms with Gasteiger partial charge in [0.25, 0.3) is 0 Å². The van der Waals surface area contributed by atoms with Gasteiger partial charge in [0, 0.05) is 11.1 Å². The molecule has 0 fully saturated rings. The predicted molar refractivity (Wildman–Crippen MR) is 152 cm³/mol. The van der Waals surface area contributed by atoms with E-state index in [-0.39, 0.29) is 27.3 Å². The van der Waals surface area contributed by atoms with E-state index in [0.29, 0.717) is 5.54 Å². The molecule has 0 aromatic heterocycles. The van der Waals surface area contributed by atoms with E-state index in [9.17, 15) is 0 Å². The zero-order valence-corrected chi connectivity index (χ0v) is 25.0. The van der Waals surface area contributed by atoms with Crippen LogP contribution in [0.3, 0.4) is 0 Å². The molecule has 2 aromatic carbocycles. The summed E-state index contributed by atoms with van der Waals surface area (Å²) in [6.45, 7) is 16.1. The van der Waals surface area contributed by atoms with Gasteiger partial charge in [0.15, 0.2) is 0 Å². The SMILES string of the molecule is C=C1c2ccccc2C2=CC([Si](C)(C)NC(C)(C)C)C=C2c2ccccc21.C[N-]C.C[N-]C.[Ti+2]. The molecule has 0 amide bonds. The summed E-state index contributed by atoms with van der Waals surface area (Å²) < 4.78 is 0. The van der Waals surface area contributed by atoms with Crippen molar-refractivity contribution in [3.63, 3.8) is 0 Å². The Morgan fingerprint density at radius 3 is 1.38 bits per heavy atom. The minimum absolute atomic E-state index is 0. The quantitative estimate of drug-likeness (QED) is 0.415. The van der Waals surface area contributed by atoms with Crippen molar-refractivity contribution in [1.29, 1.82) is 0 Å². The third-order valence-corrected chi connectivity index (χ3v) is 8.99. The Morgan fingerprint density at radius 1 is 0.735 bits per heavy atom. The molecule has 2 aliphatic rings. The van der Waals surface area contributed by atoms with Crippen molar-refractivity contribution in [3.05, 3.63) is 100 Å². The van der Waals surface area contributed by atoms with Crippen molar-refractivity contribution in [2.75, 3.05) is 28.2 Å². The average molecular weight is 508 g/mol. The number of hydrogen-bond donors (Lipinski definition) is 1. The van der Waals surface area contributed by atoms with Crippen molar-refractivity contribution < 1.29 is 21.7 Å². The molecular weight excluding hydrogens is 466 g/mol. The molecule has 5 heteroatoms. The zero-order valence-electron chi connectivity index (χ0n) is 22.5. The molecule has 180 valence electrons. The number of hydrogen-bond acceptors (Lipinski definition) is 1. The van der Waals surface area contributed by atoms with Crippen LogP contribution in [-0.4, -0.2) is 42.0 Å². The second kappa shape index (κ2) is 13.0. The largest absolute Gasteiger partial charge is 2.00 e. The van der Waals surface area contributed by atoms with Crippen LogP contribution in [0.1, 0.15) is 43.0 Å². The van der Waals surface area contributed by atoms with E-state index >= 15 is 0 Å². The molecule has 0 saturated heterocycles. The summed E-state index contributed by atoms with van der Waals surface area (Å²) in [4.78, 5) is 3.95. The van der Waals surface area contributed by atoms with Crippen molar-refractivity contribution >= 4 is 25.0 Å². The molecule has 0 radical (unpaired) electrons. The molecule has 4 rings (SSSR count). The number of rotatable bonds is 2. The minimum atomic E-state index is -1.70. The smallest absolute Gasteiger partial charge is 0.668 e. The second-order valence-corrected chi connectivity index (χ2v) is 14.6. The molecule has 0 unspecified atom stereocenters. The first kappa shape index (κ1) is 30.5. The Morgan fingerprint density at radius 2 is 1.06 bits per heavy atom. The minimum Gasteiger partial charge on any atom is -0.668 e. The van der Waals surface area contributed by atoms with Crippen LogP contribution in [0.5, 0.6) is 0 Å². The molecule has 2 aromatic rings. The normalized spacial score (nSPS) is 14.4. The van der Waals surface area contributed by atoms with E-state index < -0.39 is 8.24 Å². The van der Waals surface area contributed by atoms with Crippen LogP contribution < -0.4 is 4.98 Å². The van der Waals surface area contributed by atoms with E-state index in [4.69, 9.17) is 0 Å². The van der Waals surface area contributed by atoms with Gasteiger partial charge in [-0.3, -0.25) is 0 Å². The van der Waals surface area contributed by atoms with E-state index in [0.717, 1.165) is 5.57 Å². The molecule has 34 heavy (non-hydrogen) atoms. The van der Waals surface area contributed by atoms with Crippen LogP contribution in [-0.2, 0) is 21.7 Å². The molecule has 0 bridgehead atoms. The average Bonchev–Trinajstić information content (AvgIpc) is 3.16. The Balaban J connectivity index is 0.000000751. The third kappa shape index (κ3) is 7.24. The monoisotopic (exact) mass is 507 g/mol. The van der Waals surface area contributed by atoms with Crippen molar-refractivity contribution in [3.8, 4) is 0 Å². The molecule has 0 atom stereocenters. The number of fused-ring (bicyclic) bond motifs is 5. The van der Waals surface area contributed by atoms with E-state index in [1.807, 2.05) is 0 Å². The molecule has 2 aliphatic carbocycles. The van der Waals surface area contributed by atoms with Gasteiger partial charge in [-0.1, -0.05) is 80.4 Å². The maximum absolute atomic E-state index is 4.44. The predicted octanol–water partition coefficient (Wildman–Crippen LogP) is 7.74. The van der Waals surface area contributed by atoms with Crippen molar-refractivity contribution in [2.45, 2.75) is 44.9 Å². The standard InChI is InChI=1S/C25H29NSi.2C2H6N.Ti/c1-17-19-11-7-9-13-21(19)23-15-18(27(5,6)26-25(2,3)4)16-24(23)22-14-10-8-12-20(17)22;2*1-3-2;/h7-16,18,26H,1H2,2-6H3;2*1-2H3;/q;2*-1;+2. The van der Waals surface area contributed by atoms with E-state index in [1.165, 1.54) is 33.4 Å². The summed E-state index contributed by atoms with van der Waals surface area (Å²) in [7, 11) is 5.30. The summed E-state index contributed by atoms with van der Waals surface area (Å²) in [6.07, 6.45) is 5.02. The maximum Gasteiger partial charge on any atom is 2.00 e. The summed E-state index contributed by atoms with van der Waals surface area (Å²) in [6, 6.07) is 17.4. The van der Waals surface area contributed by atoms with Gasteiger partial charge in [-0.25, -0.2) is 0 Å². The van der Waals surface area contributed by atoms with Crippen molar-refractivity contribution in [1.82, 2.24) is 4.98 Å².